The molecule has 3 heterocycles. The topological polar surface area (TPSA) is 21.3 Å². The minimum atomic E-state index is -0.223. The van der Waals surface area contributed by atoms with Crippen LogP contribution in [0.2, 0.25) is 0 Å². The van der Waals surface area contributed by atoms with Crippen LogP contribution in [0.15, 0.2) is 211 Å². The molecule has 306 valence electrons. The van der Waals surface area contributed by atoms with Crippen molar-refractivity contribution in [2.24, 2.45) is 0 Å². The summed E-state index contributed by atoms with van der Waals surface area (Å²) >= 11 is 1.87. The lowest BCUT2D eigenvalue weighted by Crippen LogP contribution is -2.16. The van der Waals surface area contributed by atoms with Gasteiger partial charge in [-0.25, -0.2) is 0 Å². The number of hydrogen-bond donors (Lipinski definition) is 0. The van der Waals surface area contributed by atoms with Crippen molar-refractivity contribution in [1.29, 1.82) is 0 Å². The van der Waals surface area contributed by atoms with E-state index in [1.807, 2.05) is 17.4 Å². The van der Waals surface area contributed by atoms with Gasteiger partial charge < -0.3 is 13.9 Å². The second kappa shape index (κ2) is 13.5. The molecule has 1 aliphatic carbocycles. The Balaban J connectivity index is 0.901. The van der Waals surface area contributed by atoms with E-state index in [1.165, 1.54) is 91.5 Å². The molecule has 13 aromatic rings. The smallest absolute Gasteiger partial charge is 0.136 e. The van der Waals surface area contributed by atoms with E-state index < -0.39 is 0 Å². The third-order valence-corrected chi connectivity index (χ3v) is 15.3. The van der Waals surface area contributed by atoms with E-state index in [4.69, 9.17) is 4.42 Å². The number of benzene rings is 10. The number of furan rings is 1. The fourth-order valence-electron chi connectivity index (χ4n) is 11.0. The van der Waals surface area contributed by atoms with Crippen molar-refractivity contribution in [3.63, 3.8) is 0 Å². The number of aromatic nitrogens is 1. The number of anilines is 3. The van der Waals surface area contributed by atoms with E-state index in [-0.39, 0.29) is 5.41 Å². The number of hydrogen-bond acceptors (Lipinski definition) is 3. The molecule has 3 aromatic heterocycles. The summed E-state index contributed by atoms with van der Waals surface area (Å²) < 4.78 is 11.4. The van der Waals surface area contributed by atoms with E-state index >= 15 is 0 Å². The molecule has 10 aromatic carbocycles. The Morgan fingerprint density at radius 1 is 0.431 bits per heavy atom. The molecule has 0 saturated carbocycles. The highest BCUT2D eigenvalue weighted by molar-refractivity contribution is 7.25. The van der Waals surface area contributed by atoms with Crippen molar-refractivity contribution < 1.29 is 4.42 Å². The zero-order valence-electron chi connectivity index (χ0n) is 35.8. The molecular formula is C61H40N2OS. The molecule has 0 fully saturated rings. The quantitative estimate of drug-likeness (QED) is 0.172. The molecular weight excluding hydrogens is 809 g/mol. The summed E-state index contributed by atoms with van der Waals surface area (Å²) in [7, 11) is 0. The molecule has 0 saturated heterocycles. The Bertz CT molecular complexity index is 4100. The molecule has 3 nitrogen and oxygen atoms in total. The Kier molecular flexibility index (Phi) is 7.62. The second-order valence-electron chi connectivity index (χ2n) is 18.1. The predicted molar refractivity (Wildman–Crippen MR) is 276 cm³/mol. The van der Waals surface area contributed by atoms with Crippen LogP contribution in [0.25, 0.3) is 103 Å². The Morgan fingerprint density at radius 2 is 1.09 bits per heavy atom. The molecule has 4 heteroatoms. The van der Waals surface area contributed by atoms with Crippen molar-refractivity contribution in [2.75, 3.05) is 4.90 Å². The molecule has 0 N–H and O–H groups in total. The van der Waals surface area contributed by atoms with Crippen LogP contribution in [-0.4, -0.2) is 4.57 Å². The Hall–Kier alpha value is -7.92. The summed E-state index contributed by atoms with van der Waals surface area (Å²) in [4.78, 5) is 2.42. The number of para-hydroxylation sites is 3. The summed E-state index contributed by atoms with van der Waals surface area (Å²) in [5.41, 5.74) is 16.3. The fraction of sp³-hybridized carbons (Fsp3) is 0.0492. The standard InChI is InChI=1S/C61H40N2OS/c1-61(2)52-32-38(21-26-44(52)45-27-24-42(34-53(45)61)62(40-13-5-3-6-14-40)43-25-28-47-46-17-10-12-20-58(46)65-59(47)35-43)37-22-29-54-50(31-37)51-36-49-39(33-55(51)63(54)41-15-7-4-8-16-41)23-30-57-60(49)48-18-9-11-19-56(48)64-57/h3-36H,1-2H3. The van der Waals surface area contributed by atoms with Gasteiger partial charge >= 0.3 is 0 Å². The van der Waals surface area contributed by atoms with Crippen molar-refractivity contribution in [3.05, 3.63) is 217 Å². The van der Waals surface area contributed by atoms with Crippen LogP contribution in [0.4, 0.5) is 17.1 Å². The normalized spacial score (nSPS) is 13.2. The first-order chi connectivity index (χ1) is 32.0. The van der Waals surface area contributed by atoms with Gasteiger partial charge in [0.05, 0.1) is 11.0 Å². The number of fused-ring (bicyclic) bond motifs is 14. The van der Waals surface area contributed by atoms with Crippen LogP contribution in [0.1, 0.15) is 25.0 Å². The maximum atomic E-state index is 6.36. The lowest BCUT2D eigenvalue weighted by Gasteiger charge is -2.28. The van der Waals surface area contributed by atoms with E-state index in [1.54, 1.807) is 0 Å². The van der Waals surface area contributed by atoms with Gasteiger partial charge in [-0.15, -0.1) is 11.3 Å². The summed E-state index contributed by atoms with van der Waals surface area (Å²) in [5.74, 6) is 0. The summed E-state index contributed by atoms with van der Waals surface area (Å²) in [6.07, 6.45) is 0. The minimum absolute atomic E-state index is 0.223. The van der Waals surface area contributed by atoms with Crippen molar-refractivity contribution in [2.45, 2.75) is 19.3 Å². The van der Waals surface area contributed by atoms with E-state index in [0.29, 0.717) is 0 Å². The molecule has 0 radical (unpaired) electrons. The largest absolute Gasteiger partial charge is 0.456 e. The number of nitrogens with zero attached hydrogens (tertiary/aromatic N) is 2. The zero-order chi connectivity index (χ0) is 43.0. The monoisotopic (exact) mass is 848 g/mol. The minimum Gasteiger partial charge on any atom is -0.456 e. The third-order valence-electron chi connectivity index (χ3n) is 14.1. The van der Waals surface area contributed by atoms with E-state index in [0.717, 1.165) is 39.3 Å². The summed E-state index contributed by atoms with van der Waals surface area (Å²) in [5, 5.41) is 9.81. The fourth-order valence-corrected chi connectivity index (χ4v) is 12.2. The lowest BCUT2D eigenvalue weighted by molar-refractivity contribution is 0.660. The van der Waals surface area contributed by atoms with Crippen LogP contribution in [0, 0.1) is 0 Å². The van der Waals surface area contributed by atoms with Crippen LogP contribution in [-0.2, 0) is 5.41 Å². The van der Waals surface area contributed by atoms with Crippen molar-refractivity contribution in [1.82, 2.24) is 4.57 Å². The molecule has 0 aliphatic heterocycles. The highest BCUT2D eigenvalue weighted by atomic mass is 32.1. The van der Waals surface area contributed by atoms with Crippen LogP contribution in [0.3, 0.4) is 0 Å². The summed E-state index contributed by atoms with van der Waals surface area (Å²) in [6, 6.07) is 76.0. The first-order valence-corrected chi connectivity index (χ1v) is 23.2. The van der Waals surface area contributed by atoms with E-state index in [2.05, 4.69) is 224 Å². The van der Waals surface area contributed by atoms with Gasteiger partial charge in [0.1, 0.15) is 11.2 Å². The molecule has 1 aliphatic rings. The average Bonchev–Trinajstić information content (AvgIpc) is 4.07. The van der Waals surface area contributed by atoms with Crippen LogP contribution in [0.5, 0.6) is 0 Å². The molecule has 65 heavy (non-hydrogen) atoms. The van der Waals surface area contributed by atoms with Gasteiger partial charge in [0.25, 0.3) is 0 Å². The van der Waals surface area contributed by atoms with Gasteiger partial charge in [-0.2, -0.15) is 0 Å². The van der Waals surface area contributed by atoms with Crippen molar-refractivity contribution >= 4 is 103 Å². The van der Waals surface area contributed by atoms with Gasteiger partial charge in [-0.1, -0.05) is 123 Å². The molecule has 0 atom stereocenters. The molecule has 0 bridgehead atoms. The van der Waals surface area contributed by atoms with E-state index in [9.17, 15) is 0 Å². The number of thiophene rings is 1. The first-order valence-electron chi connectivity index (χ1n) is 22.4. The number of rotatable bonds is 5. The van der Waals surface area contributed by atoms with Crippen molar-refractivity contribution in [3.8, 4) is 27.9 Å². The summed E-state index contributed by atoms with van der Waals surface area (Å²) in [6.45, 7) is 4.78. The average molecular weight is 849 g/mol. The SMILES string of the molecule is CC1(C)c2cc(-c3ccc4c(c3)c3cc5c(ccc6oc7ccccc7c65)cc3n4-c3ccccc3)ccc2-c2ccc(N(c3ccccc3)c3ccc4c(c3)sc3ccccc34)cc21. The Labute approximate surface area is 379 Å². The Morgan fingerprint density at radius 3 is 1.95 bits per heavy atom. The highest BCUT2D eigenvalue weighted by Crippen LogP contribution is 2.52. The molecule has 14 rings (SSSR count). The second-order valence-corrected chi connectivity index (χ2v) is 19.2. The molecule has 0 amide bonds. The highest BCUT2D eigenvalue weighted by Gasteiger charge is 2.36. The molecule has 0 spiro atoms. The van der Waals surface area contributed by atoms with Crippen LogP contribution < -0.4 is 4.90 Å². The van der Waals surface area contributed by atoms with Crippen LogP contribution >= 0.6 is 11.3 Å². The van der Waals surface area contributed by atoms with Gasteiger partial charge in [0.15, 0.2) is 0 Å². The van der Waals surface area contributed by atoms with Gasteiger partial charge in [0.2, 0.25) is 0 Å². The third kappa shape index (κ3) is 5.35. The van der Waals surface area contributed by atoms with Gasteiger partial charge in [-0.05, 0) is 141 Å². The first kappa shape index (κ1) is 36.6. The molecule has 0 unspecified atom stereocenters. The van der Waals surface area contributed by atoms with Gasteiger partial charge in [-0.3, -0.25) is 0 Å². The zero-order valence-corrected chi connectivity index (χ0v) is 36.7. The van der Waals surface area contributed by atoms with Gasteiger partial charge in [0, 0.05) is 69.9 Å². The lowest BCUT2D eigenvalue weighted by atomic mass is 9.81. The predicted octanol–water partition coefficient (Wildman–Crippen LogP) is 17.6. The maximum absolute atomic E-state index is 6.36. The maximum Gasteiger partial charge on any atom is 0.136 e.